The molecule has 1 unspecified atom stereocenters. The lowest BCUT2D eigenvalue weighted by Crippen LogP contribution is -2.50. The molecule has 4 aromatic rings. The number of benzene rings is 1. The van der Waals surface area contributed by atoms with E-state index < -0.39 is 0 Å². The number of hydrogen-bond acceptors (Lipinski definition) is 7. The topological polar surface area (TPSA) is 69.0 Å². The Morgan fingerprint density at radius 1 is 1.10 bits per heavy atom. The van der Waals surface area contributed by atoms with E-state index in [9.17, 15) is 9.18 Å². The minimum absolute atomic E-state index is 0.129. The Kier molecular flexibility index (Phi) is 8.66. The van der Waals surface area contributed by atoms with Crippen molar-refractivity contribution in [3.05, 3.63) is 59.5 Å². The standard InChI is InChI=1S/C28H32FN7OS.C2H6/c1-3-23-26(33(2)28-32-24(18-38-28)19-4-6-21(29)7-5-19)36-17-22(8-9-25(36)31-23)34-12-14-35(15-13-34)27(37)20-10-11-30-16-20;1-2/h4-9,17-18,20,30H,3,10-16H2,1-2H3;1-2H3. The first-order chi connectivity index (χ1) is 19.5. The molecule has 0 bridgehead atoms. The maximum Gasteiger partial charge on any atom is 0.227 e. The van der Waals surface area contributed by atoms with Crippen LogP contribution < -0.4 is 15.1 Å². The summed E-state index contributed by atoms with van der Waals surface area (Å²) in [6.45, 7) is 11.0. The Balaban J connectivity index is 0.00000158. The molecule has 8 nitrogen and oxygen atoms in total. The van der Waals surface area contributed by atoms with Gasteiger partial charge < -0.3 is 20.0 Å². The van der Waals surface area contributed by atoms with E-state index in [1.54, 1.807) is 23.5 Å². The molecule has 1 aromatic carbocycles. The van der Waals surface area contributed by atoms with Crippen molar-refractivity contribution in [2.45, 2.75) is 33.6 Å². The van der Waals surface area contributed by atoms with E-state index in [4.69, 9.17) is 9.97 Å². The molecule has 0 radical (unpaired) electrons. The number of rotatable bonds is 6. The van der Waals surface area contributed by atoms with Crippen LogP contribution >= 0.6 is 11.3 Å². The zero-order chi connectivity index (χ0) is 28.2. The van der Waals surface area contributed by atoms with Crippen molar-refractivity contribution in [3.63, 3.8) is 0 Å². The summed E-state index contributed by atoms with van der Waals surface area (Å²) < 4.78 is 15.5. The van der Waals surface area contributed by atoms with Crippen molar-refractivity contribution in [1.29, 1.82) is 0 Å². The predicted octanol–water partition coefficient (Wildman–Crippen LogP) is 5.21. The maximum atomic E-state index is 13.4. The summed E-state index contributed by atoms with van der Waals surface area (Å²) in [6, 6.07) is 10.6. The number of hydrogen-bond donors (Lipinski definition) is 1. The quantitative estimate of drug-likeness (QED) is 0.347. The van der Waals surface area contributed by atoms with Crippen LogP contribution in [0.15, 0.2) is 48.0 Å². The zero-order valence-electron chi connectivity index (χ0n) is 23.7. The number of carbonyl (C=O) groups is 1. The van der Waals surface area contributed by atoms with Gasteiger partial charge in [-0.05, 0) is 55.8 Å². The van der Waals surface area contributed by atoms with Crippen LogP contribution in [-0.4, -0.2) is 71.5 Å². The molecule has 5 heterocycles. The number of piperazine rings is 1. The molecule has 0 spiro atoms. The number of nitrogens with one attached hydrogen (secondary N) is 1. The number of aromatic nitrogens is 3. The monoisotopic (exact) mass is 563 g/mol. The molecule has 212 valence electrons. The number of amides is 1. The van der Waals surface area contributed by atoms with Gasteiger partial charge in [0.2, 0.25) is 5.91 Å². The third-order valence-corrected chi connectivity index (χ3v) is 8.50. The third kappa shape index (κ3) is 5.55. The highest BCUT2D eigenvalue weighted by Crippen LogP contribution is 2.34. The van der Waals surface area contributed by atoms with Gasteiger partial charge in [0.25, 0.3) is 0 Å². The van der Waals surface area contributed by atoms with Gasteiger partial charge in [-0.1, -0.05) is 20.8 Å². The molecule has 10 heteroatoms. The average Bonchev–Trinajstić information content (AvgIpc) is 3.78. The molecule has 2 aliphatic rings. The molecule has 2 aliphatic heterocycles. The van der Waals surface area contributed by atoms with E-state index in [2.05, 4.69) is 44.8 Å². The number of pyridine rings is 1. The minimum atomic E-state index is -0.255. The molecular weight excluding hydrogens is 525 g/mol. The van der Waals surface area contributed by atoms with Gasteiger partial charge >= 0.3 is 0 Å². The number of thiazole rings is 1. The Morgan fingerprint density at radius 3 is 2.52 bits per heavy atom. The third-order valence-electron chi connectivity index (χ3n) is 7.58. The number of aryl methyl sites for hydroxylation is 1. The lowest BCUT2D eigenvalue weighted by atomic mass is 10.1. The molecule has 1 amide bonds. The van der Waals surface area contributed by atoms with E-state index in [0.717, 1.165) is 91.3 Å². The zero-order valence-corrected chi connectivity index (χ0v) is 24.5. The number of imidazole rings is 1. The SMILES string of the molecule is CC.CCc1nc2ccc(N3CCN(C(=O)C4CCNC4)CC3)cn2c1N(C)c1nc(-c2ccc(F)cc2)cs1. The smallest absolute Gasteiger partial charge is 0.227 e. The number of carbonyl (C=O) groups excluding carboxylic acids is 1. The van der Waals surface area contributed by atoms with Gasteiger partial charge in [-0.25, -0.2) is 14.4 Å². The second-order valence-corrected chi connectivity index (χ2v) is 10.8. The highest BCUT2D eigenvalue weighted by molar-refractivity contribution is 7.14. The first-order valence-corrected chi connectivity index (χ1v) is 15.1. The first kappa shape index (κ1) is 28.0. The highest BCUT2D eigenvalue weighted by atomic mass is 32.1. The summed E-state index contributed by atoms with van der Waals surface area (Å²) in [5, 5.41) is 6.15. The normalized spacial score (nSPS) is 17.2. The number of anilines is 3. The second kappa shape index (κ2) is 12.3. The van der Waals surface area contributed by atoms with Crippen molar-refractivity contribution in [2.75, 3.05) is 56.1 Å². The Labute approximate surface area is 239 Å². The molecule has 3 aromatic heterocycles. The predicted molar refractivity (Wildman–Crippen MR) is 161 cm³/mol. The van der Waals surface area contributed by atoms with Crippen molar-refractivity contribution >= 4 is 39.5 Å². The van der Waals surface area contributed by atoms with Gasteiger partial charge in [-0.15, -0.1) is 11.3 Å². The summed E-state index contributed by atoms with van der Waals surface area (Å²) in [4.78, 5) is 29.1. The largest absolute Gasteiger partial charge is 0.367 e. The van der Waals surface area contributed by atoms with Crippen molar-refractivity contribution in [3.8, 4) is 11.3 Å². The van der Waals surface area contributed by atoms with Gasteiger partial charge in [0.05, 0.1) is 23.0 Å². The number of nitrogens with zero attached hydrogens (tertiary/aromatic N) is 6. The molecule has 6 rings (SSSR count). The fourth-order valence-corrected chi connectivity index (χ4v) is 6.22. The Morgan fingerprint density at radius 2 is 1.85 bits per heavy atom. The Hall–Kier alpha value is -3.50. The van der Waals surface area contributed by atoms with Gasteiger partial charge in [-0.3, -0.25) is 9.20 Å². The fraction of sp³-hybridized carbons (Fsp3) is 0.433. The van der Waals surface area contributed by atoms with E-state index in [-0.39, 0.29) is 11.7 Å². The van der Waals surface area contributed by atoms with E-state index in [0.29, 0.717) is 5.91 Å². The molecule has 2 saturated heterocycles. The van der Waals surface area contributed by atoms with Gasteiger partial charge in [0, 0.05) is 56.9 Å². The molecule has 0 aliphatic carbocycles. The molecule has 0 saturated carbocycles. The van der Waals surface area contributed by atoms with Crippen molar-refractivity contribution < 1.29 is 9.18 Å². The minimum Gasteiger partial charge on any atom is -0.367 e. The van der Waals surface area contributed by atoms with Crippen molar-refractivity contribution in [1.82, 2.24) is 24.6 Å². The van der Waals surface area contributed by atoms with Crippen LogP contribution in [0.25, 0.3) is 16.9 Å². The van der Waals surface area contributed by atoms with Gasteiger partial charge in [0.1, 0.15) is 17.3 Å². The van der Waals surface area contributed by atoms with Crippen LogP contribution in [-0.2, 0) is 11.2 Å². The van der Waals surface area contributed by atoms with Crippen molar-refractivity contribution in [2.24, 2.45) is 5.92 Å². The summed E-state index contributed by atoms with van der Waals surface area (Å²) in [5.74, 6) is 1.16. The maximum absolute atomic E-state index is 13.4. The van der Waals surface area contributed by atoms with Gasteiger partial charge in [0.15, 0.2) is 5.13 Å². The lowest BCUT2D eigenvalue weighted by molar-refractivity contribution is -0.135. The first-order valence-electron chi connectivity index (χ1n) is 14.2. The van der Waals surface area contributed by atoms with E-state index in [1.165, 1.54) is 12.1 Å². The summed E-state index contributed by atoms with van der Waals surface area (Å²) >= 11 is 1.56. The summed E-state index contributed by atoms with van der Waals surface area (Å²) in [7, 11) is 2.02. The number of fused-ring (bicyclic) bond motifs is 1. The number of halogens is 1. The van der Waals surface area contributed by atoms with Crippen LogP contribution in [0.1, 0.15) is 32.9 Å². The van der Waals surface area contributed by atoms with Crippen LogP contribution in [0, 0.1) is 11.7 Å². The average molecular weight is 564 g/mol. The Bertz CT molecular complexity index is 1440. The molecule has 2 fully saturated rings. The molecule has 40 heavy (non-hydrogen) atoms. The van der Waals surface area contributed by atoms with Crippen LogP contribution in [0.3, 0.4) is 0 Å². The molecular formula is C30H38FN7OS. The second-order valence-electron chi connectivity index (χ2n) is 9.93. The lowest BCUT2D eigenvalue weighted by Gasteiger charge is -2.37. The summed E-state index contributed by atoms with van der Waals surface area (Å²) in [5.41, 5.74) is 4.73. The van der Waals surface area contributed by atoms with E-state index >= 15 is 0 Å². The molecule has 1 N–H and O–H groups in total. The molecule has 1 atom stereocenters. The highest BCUT2D eigenvalue weighted by Gasteiger charge is 2.29. The van der Waals surface area contributed by atoms with Gasteiger partial charge in [-0.2, -0.15) is 0 Å². The van der Waals surface area contributed by atoms with Crippen LogP contribution in [0.4, 0.5) is 21.0 Å². The van der Waals surface area contributed by atoms with Crippen LogP contribution in [0.2, 0.25) is 0 Å². The fourth-order valence-electron chi connectivity index (χ4n) is 5.42. The summed E-state index contributed by atoms with van der Waals surface area (Å²) in [6.07, 6.45) is 3.89. The van der Waals surface area contributed by atoms with E-state index in [1.807, 2.05) is 31.2 Å². The van der Waals surface area contributed by atoms with Crippen LogP contribution in [0.5, 0.6) is 0 Å².